The molecule has 2 rings (SSSR count). The van der Waals surface area contributed by atoms with E-state index in [1.807, 2.05) is 6.07 Å². The first-order valence-corrected chi connectivity index (χ1v) is 5.12. The molecule has 1 heterocycles. The zero-order valence-corrected chi connectivity index (χ0v) is 9.89. The van der Waals surface area contributed by atoms with Crippen molar-refractivity contribution in [1.29, 1.82) is 0 Å². The molecule has 2 aromatic rings. The molecule has 17 heavy (non-hydrogen) atoms. The average molecular weight is 237 g/mol. The van der Waals surface area contributed by atoms with Gasteiger partial charge in [0.25, 0.3) is 0 Å². The van der Waals surface area contributed by atoms with Gasteiger partial charge in [-0.25, -0.2) is 0 Å². The molecule has 0 aliphatic carbocycles. The van der Waals surface area contributed by atoms with Gasteiger partial charge in [-0.3, -0.25) is 4.99 Å². The van der Waals surface area contributed by atoms with E-state index in [0.29, 0.717) is 20.6 Å². The van der Waals surface area contributed by atoms with E-state index in [9.17, 15) is 10.4 Å². The van der Waals surface area contributed by atoms with Crippen molar-refractivity contribution in [2.24, 2.45) is 4.99 Å². The molecular weight excluding hydrogens is 222 g/mol. The van der Waals surface area contributed by atoms with E-state index in [0.717, 1.165) is 11.4 Å². The highest BCUT2D eigenvalue weighted by molar-refractivity contribution is 5.94. The zero-order valence-electron chi connectivity index (χ0n) is 9.89. The highest BCUT2D eigenvalue weighted by Crippen LogP contribution is 2.25. The number of nitrogens with zero attached hydrogens (tertiary/aromatic N) is 3. The van der Waals surface area contributed by atoms with Crippen molar-refractivity contribution in [3.63, 3.8) is 0 Å². The fourth-order valence-electron chi connectivity index (χ4n) is 1.85. The van der Waals surface area contributed by atoms with Crippen molar-refractivity contribution in [1.82, 2.24) is 9.69 Å². The van der Waals surface area contributed by atoms with Gasteiger partial charge in [0.15, 0.2) is 5.49 Å². The number of aromatic nitrogens is 2. The van der Waals surface area contributed by atoms with Crippen LogP contribution in [0.1, 0.15) is 0 Å². The van der Waals surface area contributed by atoms with Crippen molar-refractivity contribution in [2.45, 2.75) is 0 Å². The first-order chi connectivity index (χ1) is 8.13. The first kappa shape index (κ1) is 11.2. The summed E-state index contributed by atoms with van der Waals surface area (Å²) >= 11 is 0. The maximum Gasteiger partial charge on any atom is 0.197 e. The Bertz CT molecular complexity index is 626. The standard InChI is InChI=1S/C10H15N5O2/c1-11-6-4-7(12-2)9-8(5-6)14(16)15(17)10(9)13-3/h4-5,11-12,16-17H,1-3H3. The van der Waals surface area contributed by atoms with Crippen LogP contribution in [-0.2, 0) is 0 Å². The lowest BCUT2D eigenvalue weighted by Gasteiger charge is -2.06. The average Bonchev–Trinajstić information content (AvgIpc) is 2.61. The van der Waals surface area contributed by atoms with Crippen LogP contribution in [0.4, 0.5) is 11.4 Å². The molecular formula is C10H15N5O2. The van der Waals surface area contributed by atoms with Crippen molar-refractivity contribution in [3.8, 4) is 0 Å². The fourth-order valence-corrected chi connectivity index (χ4v) is 1.85. The largest absolute Gasteiger partial charge is 0.410 e. The second kappa shape index (κ2) is 3.93. The van der Waals surface area contributed by atoms with Crippen LogP contribution in [-0.4, -0.2) is 41.2 Å². The third-order valence-corrected chi connectivity index (χ3v) is 2.70. The second-order valence-corrected chi connectivity index (χ2v) is 3.54. The van der Waals surface area contributed by atoms with E-state index in [4.69, 9.17) is 0 Å². The molecule has 7 nitrogen and oxygen atoms in total. The first-order valence-electron chi connectivity index (χ1n) is 5.12. The predicted molar refractivity (Wildman–Crippen MR) is 64.9 cm³/mol. The topological polar surface area (TPSA) is 86.7 Å². The van der Waals surface area contributed by atoms with Crippen molar-refractivity contribution >= 4 is 22.3 Å². The number of anilines is 2. The molecule has 0 atom stereocenters. The van der Waals surface area contributed by atoms with Crippen molar-refractivity contribution in [2.75, 3.05) is 31.8 Å². The van der Waals surface area contributed by atoms with Crippen LogP contribution in [0.3, 0.4) is 0 Å². The Balaban J connectivity index is 3.00. The Morgan fingerprint density at radius 2 is 1.82 bits per heavy atom. The summed E-state index contributed by atoms with van der Waals surface area (Å²) in [6.45, 7) is 0. The normalized spacial score (nSPS) is 12.1. The summed E-state index contributed by atoms with van der Waals surface area (Å²) in [4.78, 5) is 5.21. The number of benzene rings is 1. The monoisotopic (exact) mass is 237 g/mol. The number of hydrogen-bond donors (Lipinski definition) is 4. The molecule has 0 amide bonds. The molecule has 0 radical (unpaired) electrons. The minimum Gasteiger partial charge on any atom is -0.410 e. The second-order valence-electron chi connectivity index (χ2n) is 3.54. The third-order valence-electron chi connectivity index (χ3n) is 2.70. The van der Waals surface area contributed by atoms with Crippen LogP contribution >= 0.6 is 0 Å². The van der Waals surface area contributed by atoms with Gasteiger partial charge in [-0.05, 0) is 12.1 Å². The molecule has 0 saturated carbocycles. The van der Waals surface area contributed by atoms with Crippen LogP contribution in [0.15, 0.2) is 17.1 Å². The lowest BCUT2D eigenvalue weighted by atomic mass is 10.2. The predicted octanol–water partition coefficient (Wildman–Crippen LogP) is 0.531. The molecule has 4 N–H and O–H groups in total. The smallest absolute Gasteiger partial charge is 0.197 e. The Labute approximate surface area is 97.5 Å². The summed E-state index contributed by atoms with van der Waals surface area (Å²) in [5.41, 5.74) is 2.33. The summed E-state index contributed by atoms with van der Waals surface area (Å²) in [6.07, 6.45) is 0. The molecule has 1 aromatic heterocycles. The van der Waals surface area contributed by atoms with Crippen molar-refractivity contribution in [3.05, 3.63) is 17.6 Å². The van der Waals surface area contributed by atoms with E-state index >= 15 is 0 Å². The molecule has 92 valence electrons. The van der Waals surface area contributed by atoms with E-state index < -0.39 is 0 Å². The van der Waals surface area contributed by atoms with Gasteiger partial charge < -0.3 is 21.0 Å². The van der Waals surface area contributed by atoms with E-state index in [-0.39, 0.29) is 5.49 Å². The van der Waals surface area contributed by atoms with Gasteiger partial charge >= 0.3 is 0 Å². The van der Waals surface area contributed by atoms with Gasteiger partial charge in [-0.15, -0.1) is 0 Å². The highest BCUT2D eigenvalue weighted by atomic mass is 16.6. The quantitative estimate of drug-likeness (QED) is 0.574. The highest BCUT2D eigenvalue weighted by Gasteiger charge is 2.14. The van der Waals surface area contributed by atoms with Crippen LogP contribution < -0.4 is 16.1 Å². The number of rotatable bonds is 2. The van der Waals surface area contributed by atoms with Gasteiger partial charge in [-0.1, -0.05) is 9.69 Å². The van der Waals surface area contributed by atoms with Gasteiger partial charge in [0.05, 0.1) is 5.39 Å². The number of nitrogens with one attached hydrogen (secondary N) is 2. The summed E-state index contributed by atoms with van der Waals surface area (Å²) in [7, 11) is 5.10. The van der Waals surface area contributed by atoms with Crippen molar-refractivity contribution < 1.29 is 10.4 Å². The Morgan fingerprint density at radius 3 is 2.35 bits per heavy atom. The minimum absolute atomic E-state index is 0.287. The molecule has 0 saturated heterocycles. The van der Waals surface area contributed by atoms with E-state index in [2.05, 4.69) is 15.6 Å². The molecule has 0 bridgehead atoms. The molecule has 7 heteroatoms. The minimum atomic E-state index is 0.287. The molecule has 0 fully saturated rings. The lowest BCUT2D eigenvalue weighted by Crippen LogP contribution is -2.20. The van der Waals surface area contributed by atoms with Gasteiger partial charge in [0.2, 0.25) is 0 Å². The summed E-state index contributed by atoms with van der Waals surface area (Å²) in [5.74, 6) is 0. The Kier molecular flexibility index (Phi) is 2.58. The molecule has 1 aromatic carbocycles. The maximum absolute atomic E-state index is 9.76. The lowest BCUT2D eigenvalue weighted by molar-refractivity contribution is -0.00964. The SMILES string of the molecule is CN=c1c2c(NC)cc(NC)cc2n(O)n1O. The molecule has 0 aliphatic rings. The zero-order chi connectivity index (χ0) is 12.6. The Hall–Kier alpha value is -2.31. The van der Waals surface area contributed by atoms with Crippen LogP contribution in [0.5, 0.6) is 0 Å². The van der Waals surface area contributed by atoms with E-state index in [1.165, 1.54) is 0 Å². The third kappa shape index (κ3) is 1.47. The van der Waals surface area contributed by atoms with E-state index in [1.54, 1.807) is 27.2 Å². The van der Waals surface area contributed by atoms with Gasteiger partial charge in [0, 0.05) is 32.5 Å². The summed E-state index contributed by atoms with van der Waals surface area (Å²) < 4.78 is 0. The summed E-state index contributed by atoms with van der Waals surface area (Å²) in [5, 5.41) is 26.1. The maximum atomic E-state index is 9.76. The summed E-state index contributed by atoms with van der Waals surface area (Å²) in [6, 6.07) is 3.59. The number of hydrogen-bond acceptors (Lipinski definition) is 5. The van der Waals surface area contributed by atoms with Crippen LogP contribution in [0.25, 0.3) is 10.9 Å². The molecule has 0 unspecified atom stereocenters. The van der Waals surface area contributed by atoms with Crippen LogP contribution in [0.2, 0.25) is 0 Å². The van der Waals surface area contributed by atoms with Crippen LogP contribution in [0, 0.1) is 0 Å². The molecule has 0 spiro atoms. The fraction of sp³-hybridized carbons (Fsp3) is 0.300. The molecule has 0 aliphatic heterocycles. The number of fused-ring (bicyclic) bond motifs is 1. The van der Waals surface area contributed by atoms with Gasteiger partial charge in [-0.2, -0.15) is 0 Å². The van der Waals surface area contributed by atoms with Gasteiger partial charge in [0.1, 0.15) is 5.52 Å². The Morgan fingerprint density at radius 1 is 1.12 bits per heavy atom.